The molecule has 2 aliphatic carbocycles. The molecule has 0 bridgehead atoms. The first-order chi connectivity index (χ1) is 16.1. The van der Waals surface area contributed by atoms with Gasteiger partial charge in [0.1, 0.15) is 0 Å². The summed E-state index contributed by atoms with van der Waals surface area (Å²) in [5, 5.41) is 0. The number of aliphatic imine (C=N–C) groups is 1. The van der Waals surface area contributed by atoms with Crippen LogP contribution in [0.3, 0.4) is 0 Å². The summed E-state index contributed by atoms with van der Waals surface area (Å²) < 4.78 is 47.7. The van der Waals surface area contributed by atoms with Crippen molar-refractivity contribution >= 4 is 5.71 Å². The van der Waals surface area contributed by atoms with Crippen LogP contribution in [0.2, 0.25) is 0 Å². The fraction of sp³-hybridized carbons (Fsp3) is 0.500. The fourth-order valence-electron chi connectivity index (χ4n) is 4.95. The molecule has 0 spiro atoms. The number of nitrogens with zero attached hydrogens (tertiary/aromatic N) is 1. The minimum Gasteiger partial charge on any atom is -0.493 e. The third-order valence-corrected chi connectivity index (χ3v) is 6.84. The lowest BCUT2D eigenvalue weighted by molar-refractivity contribution is -0.0515. The van der Waals surface area contributed by atoms with Crippen molar-refractivity contribution in [3.05, 3.63) is 47.0 Å². The molecular formula is C26H29F2NO4. The van der Waals surface area contributed by atoms with Gasteiger partial charge in [-0.25, -0.2) is 0 Å². The van der Waals surface area contributed by atoms with Crippen LogP contribution >= 0.6 is 0 Å². The second-order valence-electron chi connectivity index (χ2n) is 9.02. The zero-order valence-electron chi connectivity index (χ0n) is 19.0. The molecule has 2 aromatic rings. The molecule has 1 heterocycles. The minimum atomic E-state index is -2.91. The van der Waals surface area contributed by atoms with E-state index in [0.717, 1.165) is 48.9 Å². The zero-order valence-corrected chi connectivity index (χ0v) is 19.0. The SMILES string of the molecule is COc1cc2c(cc1OC)C1CCCCC1N=C2c1ccc(OC(F)F)c(OCC2CC2)c1. The highest BCUT2D eigenvalue weighted by Crippen LogP contribution is 2.45. The summed E-state index contributed by atoms with van der Waals surface area (Å²) >= 11 is 0. The molecule has 5 nitrogen and oxygen atoms in total. The summed E-state index contributed by atoms with van der Waals surface area (Å²) in [6.45, 7) is -2.41. The lowest BCUT2D eigenvalue weighted by atomic mass is 9.75. The summed E-state index contributed by atoms with van der Waals surface area (Å²) in [6.07, 6.45) is 6.65. The molecule has 0 radical (unpaired) electrons. The number of hydrogen-bond acceptors (Lipinski definition) is 5. The molecule has 5 rings (SSSR count). The molecule has 2 atom stereocenters. The summed E-state index contributed by atoms with van der Waals surface area (Å²) in [4.78, 5) is 5.16. The second-order valence-corrected chi connectivity index (χ2v) is 9.02. The molecule has 3 aliphatic rings. The number of halogens is 2. The van der Waals surface area contributed by atoms with Crippen LogP contribution in [0.1, 0.15) is 61.1 Å². The first-order valence-electron chi connectivity index (χ1n) is 11.6. The van der Waals surface area contributed by atoms with Gasteiger partial charge < -0.3 is 18.9 Å². The average Bonchev–Trinajstić information content (AvgIpc) is 3.66. The van der Waals surface area contributed by atoms with Gasteiger partial charge in [0.25, 0.3) is 0 Å². The van der Waals surface area contributed by atoms with Crippen molar-refractivity contribution in [3.8, 4) is 23.0 Å². The van der Waals surface area contributed by atoms with Crippen LogP contribution in [0.4, 0.5) is 8.78 Å². The zero-order chi connectivity index (χ0) is 22.9. The van der Waals surface area contributed by atoms with E-state index in [1.54, 1.807) is 32.4 Å². The summed E-state index contributed by atoms with van der Waals surface area (Å²) in [7, 11) is 3.26. The van der Waals surface area contributed by atoms with Crippen LogP contribution in [0.15, 0.2) is 35.3 Å². The van der Waals surface area contributed by atoms with E-state index in [9.17, 15) is 8.78 Å². The molecular weight excluding hydrogens is 428 g/mol. The van der Waals surface area contributed by atoms with Gasteiger partial charge in [-0.15, -0.1) is 0 Å². The van der Waals surface area contributed by atoms with Crippen molar-refractivity contribution in [2.24, 2.45) is 10.9 Å². The van der Waals surface area contributed by atoms with Gasteiger partial charge in [-0.2, -0.15) is 8.78 Å². The van der Waals surface area contributed by atoms with Crippen molar-refractivity contribution in [3.63, 3.8) is 0 Å². The van der Waals surface area contributed by atoms with Crippen molar-refractivity contribution in [1.29, 1.82) is 0 Å². The van der Waals surface area contributed by atoms with Crippen LogP contribution in [0, 0.1) is 5.92 Å². The quantitative estimate of drug-likeness (QED) is 0.490. The maximum absolute atomic E-state index is 13.0. The monoisotopic (exact) mass is 457 g/mol. The van der Waals surface area contributed by atoms with E-state index in [1.165, 1.54) is 12.0 Å². The van der Waals surface area contributed by atoms with Gasteiger partial charge >= 0.3 is 6.61 Å². The summed E-state index contributed by atoms with van der Waals surface area (Å²) in [5.74, 6) is 2.55. The topological polar surface area (TPSA) is 49.3 Å². The third-order valence-electron chi connectivity index (χ3n) is 6.84. The Morgan fingerprint density at radius 1 is 0.909 bits per heavy atom. The number of rotatable bonds is 8. The molecule has 2 unspecified atom stereocenters. The predicted octanol–water partition coefficient (Wildman–Crippen LogP) is 5.97. The molecule has 0 N–H and O–H groups in total. The fourth-order valence-corrected chi connectivity index (χ4v) is 4.95. The van der Waals surface area contributed by atoms with Crippen molar-refractivity contribution in [1.82, 2.24) is 0 Å². The first kappa shape index (κ1) is 22.0. The highest BCUT2D eigenvalue weighted by molar-refractivity contribution is 6.15. The Labute approximate surface area is 192 Å². The van der Waals surface area contributed by atoms with E-state index < -0.39 is 6.61 Å². The second kappa shape index (κ2) is 9.20. The standard InChI is InChI=1S/C26H29F2NO4/c1-30-22-12-18-17-5-3-4-6-20(17)29-25(19(18)13-23(22)31-2)16-9-10-21(33-26(27)28)24(11-16)32-14-15-7-8-15/h9-13,15,17,20,26H,3-8,14H2,1-2H3. The predicted molar refractivity (Wildman–Crippen MR) is 121 cm³/mol. The largest absolute Gasteiger partial charge is 0.493 e. The number of ether oxygens (including phenoxy) is 4. The Morgan fingerprint density at radius 3 is 2.39 bits per heavy atom. The van der Waals surface area contributed by atoms with Crippen LogP contribution in [-0.4, -0.2) is 39.2 Å². The Balaban J connectivity index is 1.58. The Morgan fingerprint density at radius 2 is 1.67 bits per heavy atom. The molecule has 0 saturated heterocycles. The average molecular weight is 458 g/mol. The van der Waals surface area contributed by atoms with Gasteiger partial charge in [0.15, 0.2) is 23.0 Å². The Hall–Kier alpha value is -2.83. The van der Waals surface area contributed by atoms with Gasteiger partial charge in [0.2, 0.25) is 0 Å². The lowest BCUT2D eigenvalue weighted by Crippen LogP contribution is -2.29. The van der Waals surface area contributed by atoms with Crippen LogP contribution < -0.4 is 18.9 Å². The van der Waals surface area contributed by atoms with E-state index in [4.69, 9.17) is 23.9 Å². The number of alkyl halides is 2. The first-order valence-corrected chi connectivity index (χ1v) is 11.6. The summed E-state index contributed by atoms with van der Waals surface area (Å²) in [6, 6.07) is 9.36. The number of fused-ring (bicyclic) bond motifs is 3. The molecule has 176 valence electrons. The number of methoxy groups -OCH3 is 2. The smallest absolute Gasteiger partial charge is 0.387 e. The molecule has 0 amide bonds. The normalized spacial score (nSPS) is 21.7. The van der Waals surface area contributed by atoms with Crippen molar-refractivity contribution < 1.29 is 27.7 Å². The van der Waals surface area contributed by atoms with Gasteiger partial charge in [-0.05, 0) is 67.5 Å². The molecule has 7 heteroatoms. The van der Waals surface area contributed by atoms with E-state index in [0.29, 0.717) is 35.7 Å². The van der Waals surface area contributed by atoms with E-state index in [2.05, 4.69) is 6.07 Å². The molecule has 2 fully saturated rings. The van der Waals surface area contributed by atoms with Crippen LogP contribution in [0.25, 0.3) is 0 Å². The number of benzene rings is 2. The van der Waals surface area contributed by atoms with Crippen LogP contribution in [0.5, 0.6) is 23.0 Å². The van der Waals surface area contributed by atoms with Crippen LogP contribution in [-0.2, 0) is 0 Å². The maximum Gasteiger partial charge on any atom is 0.387 e. The van der Waals surface area contributed by atoms with Crippen molar-refractivity contribution in [2.45, 2.75) is 57.1 Å². The lowest BCUT2D eigenvalue weighted by Gasteiger charge is -2.36. The molecule has 0 aromatic heterocycles. The van der Waals surface area contributed by atoms with E-state index in [1.807, 2.05) is 6.07 Å². The van der Waals surface area contributed by atoms with E-state index in [-0.39, 0.29) is 11.8 Å². The van der Waals surface area contributed by atoms with Gasteiger partial charge in [0.05, 0.1) is 32.6 Å². The van der Waals surface area contributed by atoms with Gasteiger partial charge in [-0.1, -0.05) is 12.8 Å². The number of hydrogen-bond donors (Lipinski definition) is 0. The van der Waals surface area contributed by atoms with Crippen molar-refractivity contribution in [2.75, 3.05) is 20.8 Å². The highest BCUT2D eigenvalue weighted by atomic mass is 19.3. The Kier molecular flexibility index (Phi) is 6.13. The van der Waals surface area contributed by atoms with Gasteiger partial charge in [0, 0.05) is 17.0 Å². The third kappa shape index (κ3) is 4.50. The summed E-state index contributed by atoms with van der Waals surface area (Å²) in [5.41, 5.74) is 3.84. The molecule has 1 aliphatic heterocycles. The molecule has 2 aromatic carbocycles. The minimum absolute atomic E-state index is 0.0499. The molecule has 2 saturated carbocycles. The maximum atomic E-state index is 13.0. The Bertz CT molecular complexity index is 1050. The van der Waals surface area contributed by atoms with E-state index >= 15 is 0 Å². The van der Waals surface area contributed by atoms with Gasteiger partial charge in [-0.3, -0.25) is 4.99 Å². The molecule has 33 heavy (non-hydrogen) atoms. The highest BCUT2D eigenvalue weighted by Gasteiger charge is 2.35.